The topological polar surface area (TPSA) is 58.9 Å². The summed E-state index contributed by atoms with van der Waals surface area (Å²) in [4.78, 5) is 2.23. The van der Waals surface area contributed by atoms with Crippen molar-refractivity contribution in [3.63, 3.8) is 0 Å². The highest BCUT2D eigenvalue weighted by Crippen LogP contribution is 2.41. The van der Waals surface area contributed by atoms with Crippen molar-refractivity contribution < 1.29 is 27.1 Å². The zero-order valence-electron chi connectivity index (χ0n) is 22.8. The lowest BCUT2D eigenvalue weighted by atomic mass is 9.96. The SMILES string of the molecule is C=C/C(CNC(=C)c1c(C)c(N(CC)C2CCOCC2)cc2oc(C(F)(F)F)cc12)=C(\C=C(\C)NC)OC. The predicted octanol–water partition coefficient (Wildman–Crippen LogP) is 6.54. The summed E-state index contributed by atoms with van der Waals surface area (Å²) in [7, 11) is 3.39. The normalized spacial score (nSPS) is 15.7. The van der Waals surface area contributed by atoms with Gasteiger partial charge in [0.2, 0.25) is 5.76 Å². The number of fused-ring (bicyclic) bond motifs is 1. The number of benzene rings is 1. The number of methoxy groups -OCH3 is 1. The summed E-state index contributed by atoms with van der Waals surface area (Å²) in [5, 5.41) is 6.70. The van der Waals surface area contributed by atoms with Crippen LogP contribution >= 0.6 is 0 Å². The molecule has 38 heavy (non-hydrogen) atoms. The fourth-order valence-electron chi connectivity index (χ4n) is 4.82. The van der Waals surface area contributed by atoms with Crippen LogP contribution in [-0.2, 0) is 15.7 Å². The first kappa shape index (κ1) is 29.2. The molecule has 1 saturated heterocycles. The largest absolute Gasteiger partial charge is 0.496 e. The van der Waals surface area contributed by atoms with E-state index < -0.39 is 11.9 Å². The van der Waals surface area contributed by atoms with Crippen LogP contribution in [0.2, 0.25) is 0 Å². The molecule has 2 heterocycles. The van der Waals surface area contributed by atoms with E-state index in [0.29, 0.717) is 48.7 Å². The third-order valence-corrected chi connectivity index (χ3v) is 6.94. The van der Waals surface area contributed by atoms with Crippen LogP contribution in [0.3, 0.4) is 0 Å². The summed E-state index contributed by atoms with van der Waals surface area (Å²) in [6, 6.07) is 3.00. The average Bonchev–Trinajstić information content (AvgIpc) is 3.33. The van der Waals surface area contributed by atoms with E-state index >= 15 is 0 Å². The van der Waals surface area contributed by atoms with E-state index in [1.54, 1.807) is 19.3 Å². The van der Waals surface area contributed by atoms with Crippen molar-refractivity contribution in [3.05, 3.63) is 71.4 Å². The summed E-state index contributed by atoms with van der Waals surface area (Å²) in [6.45, 7) is 16.3. The van der Waals surface area contributed by atoms with E-state index in [2.05, 4.69) is 28.7 Å². The smallest absolute Gasteiger partial charge is 0.449 e. The van der Waals surface area contributed by atoms with Crippen molar-refractivity contribution in [2.24, 2.45) is 0 Å². The standard InChI is InChI=1S/C29H38F3N3O3/c1-8-21(25(36-7)14-18(3)33-6)17-34-20(5)28-19(4)24(35(9-2)22-10-12-37-13-11-22)16-26-23(28)15-27(38-26)29(30,31)32/h8,14-16,22,33-34H,1,5,9-13,17H2,2-4,6-7H3/b18-14-,25-21-. The summed E-state index contributed by atoms with van der Waals surface area (Å²) in [5.74, 6) is -0.421. The van der Waals surface area contributed by atoms with Crippen LogP contribution in [0, 0.1) is 6.92 Å². The minimum absolute atomic E-state index is 0.172. The fourth-order valence-corrected chi connectivity index (χ4v) is 4.82. The van der Waals surface area contributed by atoms with Crippen molar-refractivity contribution in [1.29, 1.82) is 0 Å². The second-order valence-electron chi connectivity index (χ2n) is 9.25. The van der Waals surface area contributed by atoms with Crippen molar-refractivity contribution in [2.45, 2.75) is 45.8 Å². The Morgan fingerprint density at radius 1 is 1.26 bits per heavy atom. The maximum atomic E-state index is 13.6. The van der Waals surface area contributed by atoms with Gasteiger partial charge in [-0.2, -0.15) is 13.2 Å². The van der Waals surface area contributed by atoms with E-state index in [0.717, 1.165) is 41.4 Å². The Labute approximate surface area is 222 Å². The molecule has 1 aliphatic heterocycles. The highest BCUT2D eigenvalue weighted by Gasteiger charge is 2.36. The molecule has 208 valence electrons. The van der Waals surface area contributed by atoms with Gasteiger partial charge < -0.3 is 29.4 Å². The molecular formula is C29H38F3N3O3. The van der Waals surface area contributed by atoms with Crippen LogP contribution in [0.15, 0.2) is 58.9 Å². The van der Waals surface area contributed by atoms with Gasteiger partial charge in [-0.15, -0.1) is 0 Å². The van der Waals surface area contributed by atoms with Crippen LogP contribution in [0.4, 0.5) is 18.9 Å². The number of alkyl halides is 3. The molecule has 0 radical (unpaired) electrons. The lowest BCUT2D eigenvalue weighted by Gasteiger charge is -2.36. The monoisotopic (exact) mass is 533 g/mol. The predicted molar refractivity (Wildman–Crippen MR) is 147 cm³/mol. The molecule has 0 aliphatic carbocycles. The first-order chi connectivity index (χ1) is 18.0. The number of hydrogen-bond acceptors (Lipinski definition) is 6. The van der Waals surface area contributed by atoms with E-state index in [4.69, 9.17) is 13.9 Å². The van der Waals surface area contributed by atoms with Gasteiger partial charge in [0.25, 0.3) is 0 Å². The van der Waals surface area contributed by atoms with E-state index in [9.17, 15) is 13.2 Å². The molecular weight excluding hydrogens is 495 g/mol. The number of anilines is 1. The lowest BCUT2D eigenvalue weighted by molar-refractivity contribution is -0.152. The van der Waals surface area contributed by atoms with Gasteiger partial charge in [0.1, 0.15) is 11.3 Å². The van der Waals surface area contributed by atoms with Crippen LogP contribution in [0.1, 0.15) is 43.6 Å². The molecule has 1 fully saturated rings. The zero-order chi connectivity index (χ0) is 28.0. The van der Waals surface area contributed by atoms with Crippen molar-refractivity contribution in [2.75, 3.05) is 45.4 Å². The number of nitrogens with one attached hydrogen (secondary N) is 2. The summed E-state index contributed by atoms with van der Waals surface area (Å²) in [5.41, 5.74) is 4.58. The molecule has 2 N–H and O–H groups in total. The van der Waals surface area contributed by atoms with Gasteiger partial charge in [-0.3, -0.25) is 0 Å². The first-order valence-electron chi connectivity index (χ1n) is 12.7. The molecule has 9 heteroatoms. The molecule has 0 atom stereocenters. The molecule has 1 aromatic carbocycles. The lowest BCUT2D eigenvalue weighted by Crippen LogP contribution is -2.40. The number of halogens is 3. The Morgan fingerprint density at radius 3 is 2.50 bits per heavy atom. The van der Waals surface area contributed by atoms with Gasteiger partial charge in [0.15, 0.2) is 0 Å². The molecule has 0 amide bonds. The molecule has 0 unspecified atom stereocenters. The van der Waals surface area contributed by atoms with Crippen LogP contribution in [0.5, 0.6) is 0 Å². The molecule has 0 bridgehead atoms. The third kappa shape index (κ3) is 6.38. The molecule has 6 nitrogen and oxygen atoms in total. The second-order valence-corrected chi connectivity index (χ2v) is 9.25. The first-order valence-corrected chi connectivity index (χ1v) is 12.7. The molecule has 3 rings (SSSR count). The Bertz CT molecular complexity index is 1220. The fraction of sp³-hybridized carbons (Fsp3) is 0.448. The maximum Gasteiger partial charge on any atom is 0.449 e. The second kappa shape index (κ2) is 12.5. The maximum absolute atomic E-state index is 13.6. The van der Waals surface area contributed by atoms with Gasteiger partial charge >= 0.3 is 6.18 Å². The quantitative estimate of drug-likeness (QED) is 0.253. The average molecular weight is 534 g/mol. The summed E-state index contributed by atoms with van der Waals surface area (Å²) in [6.07, 6.45) is 0.621. The highest BCUT2D eigenvalue weighted by molar-refractivity contribution is 5.96. The van der Waals surface area contributed by atoms with Gasteiger partial charge in [-0.1, -0.05) is 19.2 Å². The van der Waals surface area contributed by atoms with E-state index in [-0.39, 0.29) is 11.6 Å². The van der Waals surface area contributed by atoms with Crippen LogP contribution in [-0.4, -0.2) is 46.5 Å². The molecule has 0 spiro atoms. The molecule has 1 aromatic heterocycles. The Morgan fingerprint density at radius 2 is 1.95 bits per heavy atom. The third-order valence-electron chi connectivity index (χ3n) is 6.94. The van der Waals surface area contributed by atoms with Crippen molar-refractivity contribution in [1.82, 2.24) is 10.6 Å². The number of allylic oxidation sites excluding steroid dienone is 2. The van der Waals surface area contributed by atoms with Crippen molar-refractivity contribution in [3.8, 4) is 0 Å². The summed E-state index contributed by atoms with van der Waals surface area (Å²) >= 11 is 0. The number of furan rings is 1. The Balaban J connectivity index is 2.09. The van der Waals surface area contributed by atoms with E-state index in [1.807, 2.05) is 33.9 Å². The minimum atomic E-state index is -4.60. The summed E-state index contributed by atoms with van der Waals surface area (Å²) < 4.78 is 57.3. The molecule has 0 saturated carbocycles. The van der Waals surface area contributed by atoms with Gasteiger partial charge in [0, 0.05) is 79.1 Å². The van der Waals surface area contributed by atoms with E-state index in [1.165, 1.54) is 0 Å². The van der Waals surface area contributed by atoms with Gasteiger partial charge in [-0.05, 0) is 51.3 Å². The Kier molecular flexibility index (Phi) is 9.60. The molecule has 1 aliphatic rings. The Hall–Kier alpha value is -3.33. The van der Waals surface area contributed by atoms with Crippen molar-refractivity contribution >= 4 is 22.4 Å². The number of ether oxygens (including phenoxy) is 2. The number of nitrogens with zero attached hydrogens (tertiary/aromatic N) is 1. The molecule has 2 aromatic rings. The van der Waals surface area contributed by atoms with Crippen LogP contribution < -0.4 is 15.5 Å². The highest BCUT2D eigenvalue weighted by atomic mass is 19.4. The zero-order valence-corrected chi connectivity index (χ0v) is 22.8. The number of rotatable bonds is 11. The minimum Gasteiger partial charge on any atom is -0.496 e. The van der Waals surface area contributed by atoms with Crippen LogP contribution in [0.25, 0.3) is 16.7 Å². The number of hydrogen-bond donors (Lipinski definition) is 2. The van der Waals surface area contributed by atoms with Gasteiger partial charge in [-0.25, -0.2) is 0 Å². The van der Waals surface area contributed by atoms with Gasteiger partial charge in [0.05, 0.1) is 7.11 Å².